The molecular formula is C17H19N5O2. The van der Waals surface area contributed by atoms with E-state index in [1.54, 1.807) is 22.2 Å². The summed E-state index contributed by atoms with van der Waals surface area (Å²) < 4.78 is 0. The van der Waals surface area contributed by atoms with Crippen molar-refractivity contribution in [2.24, 2.45) is 5.92 Å². The summed E-state index contributed by atoms with van der Waals surface area (Å²) in [4.78, 5) is 32.9. The zero-order chi connectivity index (χ0) is 16.5. The quantitative estimate of drug-likeness (QED) is 0.917. The molecule has 124 valence electrons. The van der Waals surface area contributed by atoms with E-state index in [0.717, 1.165) is 29.9 Å². The zero-order valence-electron chi connectivity index (χ0n) is 13.3. The summed E-state index contributed by atoms with van der Waals surface area (Å²) in [6.45, 7) is 1.61. The van der Waals surface area contributed by atoms with Crippen molar-refractivity contribution in [3.8, 4) is 0 Å². The van der Waals surface area contributed by atoms with Gasteiger partial charge in [0.25, 0.3) is 0 Å². The third-order valence-corrected chi connectivity index (χ3v) is 4.70. The molecule has 1 saturated heterocycles. The molecule has 4 rings (SSSR count). The van der Waals surface area contributed by atoms with E-state index in [9.17, 15) is 9.59 Å². The van der Waals surface area contributed by atoms with Gasteiger partial charge < -0.3 is 9.80 Å². The number of aromatic nitrogens is 3. The van der Waals surface area contributed by atoms with Crippen LogP contribution in [-0.4, -0.2) is 45.0 Å². The maximum atomic E-state index is 12.9. The fourth-order valence-electron chi connectivity index (χ4n) is 3.48. The number of rotatable bonds is 3. The predicted octanol–water partition coefficient (Wildman–Crippen LogP) is 1.13. The van der Waals surface area contributed by atoms with Gasteiger partial charge in [-0.1, -0.05) is 6.07 Å². The molecule has 0 aliphatic carbocycles. The Kier molecular flexibility index (Phi) is 3.76. The van der Waals surface area contributed by atoms with Crippen molar-refractivity contribution in [1.82, 2.24) is 20.1 Å². The first-order chi connectivity index (χ1) is 11.7. The summed E-state index contributed by atoms with van der Waals surface area (Å²) in [6, 6.07) is 5.64. The van der Waals surface area contributed by atoms with Crippen LogP contribution in [-0.2, 0) is 22.6 Å². The van der Waals surface area contributed by atoms with E-state index in [1.165, 1.54) is 0 Å². The third kappa shape index (κ3) is 2.66. The molecule has 2 aromatic heterocycles. The lowest BCUT2D eigenvalue weighted by atomic mass is 10.0. The smallest absolute Gasteiger partial charge is 0.232 e. The molecule has 1 unspecified atom stereocenters. The molecule has 0 radical (unpaired) electrons. The van der Waals surface area contributed by atoms with Gasteiger partial charge in [-0.2, -0.15) is 5.10 Å². The number of pyridine rings is 1. The van der Waals surface area contributed by atoms with E-state index in [1.807, 2.05) is 18.2 Å². The molecular weight excluding hydrogens is 306 g/mol. The van der Waals surface area contributed by atoms with Crippen molar-refractivity contribution in [2.75, 3.05) is 18.0 Å². The molecule has 0 spiro atoms. The van der Waals surface area contributed by atoms with Gasteiger partial charge in [0.1, 0.15) is 0 Å². The molecule has 2 aromatic rings. The van der Waals surface area contributed by atoms with Crippen LogP contribution in [0.1, 0.15) is 24.2 Å². The second kappa shape index (κ2) is 6.07. The van der Waals surface area contributed by atoms with E-state index in [4.69, 9.17) is 0 Å². The number of nitrogens with zero attached hydrogens (tertiary/aromatic N) is 4. The van der Waals surface area contributed by atoms with Gasteiger partial charge in [-0.3, -0.25) is 19.7 Å². The van der Waals surface area contributed by atoms with Crippen molar-refractivity contribution >= 4 is 17.5 Å². The Labute approximate surface area is 139 Å². The molecule has 1 N–H and O–H groups in total. The second-order valence-electron chi connectivity index (χ2n) is 6.32. The lowest BCUT2D eigenvalue weighted by Gasteiger charge is -2.28. The summed E-state index contributed by atoms with van der Waals surface area (Å²) in [6.07, 6.45) is 5.52. The van der Waals surface area contributed by atoms with Crippen LogP contribution in [0, 0.1) is 5.92 Å². The van der Waals surface area contributed by atoms with Crippen LogP contribution in [0.15, 0.2) is 30.6 Å². The molecule has 4 heterocycles. The van der Waals surface area contributed by atoms with Crippen molar-refractivity contribution in [2.45, 2.75) is 25.8 Å². The molecule has 7 heteroatoms. The number of fused-ring (bicyclic) bond motifs is 1. The van der Waals surface area contributed by atoms with E-state index in [0.29, 0.717) is 19.6 Å². The molecule has 1 fully saturated rings. The van der Waals surface area contributed by atoms with E-state index < -0.39 is 0 Å². The first kappa shape index (κ1) is 14.9. The maximum absolute atomic E-state index is 12.9. The Balaban J connectivity index is 1.46. The number of H-pyrrole nitrogens is 1. The van der Waals surface area contributed by atoms with Crippen LogP contribution in [0.5, 0.6) is 0 Å². The maximum Gasteiger partial charge on any atom is 0.232 e. The first-order valence-electron chi connectivity index (χ1n) is 8.23. The highest BCUT2D eigenvalue weighted by atomic mass is 16.2. The number of likely N-dealkylation sites (tertiary alicyclic amines) is 1. The number of aromatic amines is 1. The SMILES string of the molecule is O=C1CC(C(=O)N2CCCc3[nH]ncc32)CN1Cc1ccccn1. The minimum atomic E-state index is -0.290. The Morgan fingerprint density at radius 1 is 1.38 bits per heavy atom. The Morgan fingerprint density at radius 2 is 2.29 bits per heavy atom. The van der Waals surface area contributed by atoms with Crippen molar-refractivity contribution in [1.29, 1.82) is 0 Å². The van der Waals surface area contributed by atoms with Gasteiger partial charge in [0.2, 0.25) is 11.8 Å². The number of amides is 2. The highest BCUT2D eigenvalue weighted by Crippen LogP contribution is 2.29. The topological polar surface area (TPSA) is 82.2 Å². The van der Waals surface area contributed by atoms with Crippen LogP contribution in [0.2, 0.25) is 0 Å². The van der Waals surface area contributed by atoms with Gasteiger partial charge in [0, 0.05) is 25.7 Å². The number of hydrogen-bond acceptors (Lipinski definition) is 4. The summed E-state index contributed by atoms with van der Waals surface area (Å²) in [7, 11) is 0. The van der Waals surface area contributed by atoms with E-state index in [2.05, 4.69) is 15.2 Å². The largest absolute Gasteiger partial charge is 0.336 e. The van der Waals surface area contributed by atoms with Gasteiger partial charge in [0.15, 0.2) is 0 Å². The number of hydrogen-bond donors (Lipinski definition) is 1. The van der Waals surface area contributed by atoms with Crippen LogP contribution < -0.4 is 4.90 Å². The van der Waals surface area contributed by atoms with Crippen molar-refractivity contribution in [3.05, 3.63) is 42.0 Å². The van der Waals surface area contributed by atoms with Gasteiger partial charge in [-0.05, 0) is 25.0 Å². The van der Waals surface area contributed by atoms with Crippen LogP contribution >= 0.6 is 0 Å². The third-order valence-electron chi connectivity index (χ3n) is 4.70. The fourth-order valence-corrected chi connectivity index (χ4v) is 3.48. The number of carbonyl (C=O) groups excluding carboxylic acids is 2. The normalized spacial score (nSPS) is 20.3. The number of aryl methyl sites for hydroxylation is 1. The molecule has 24 heavy (non-hydrogen) atoms. The average Bonchev–Trinajstić information content (AvgIpc) is 3.22. The minimum absolute atomic E-state index is 0.0171. The van der Waals surface area contributed by atoms with Gasteiger partial charge in [-0.15, -0.1) is 0 Å². The highest BCUT2D eigenvalue weighted by Gasteiger charge is 2.38. The van der Waals surface area contributed by atoms with Crippen molar-refractivity contribution in [3.63, 3.8) is 0 Å². The lowest BCUT2D eigenvalue weighted by molar-refractivity contribution is -0.129. The average molecular weight is 325 g/mol. The molecule has 2 amide bonds. The van der Waals surface area contributed by atoms with Gasteiger partial charge in [-0.25, -0.2) is 0 Å². The highest BCUT2D eigenvalue weighted by molar-refractivity contribution is 5.99. The summed E-state index contributed by atoms with van der Waals surface area (Å²) >= 11 is 0. The molecule has 1 atom stereocenters. The molecule has 0 aromatic carbocycles. The monoisotopic (exact) mass is 325 g/mol. The van der Waals surface area contributed by atoms with Gasteiger partial charge in [0.05, 0.1) is 35.7 Å². The molecule has 2 aliphatic rings. The summed E-state index contributed by atoms with van der Waals surface area (Å²) in [5.74, 6) is -0.250. The van der Waals surface area contributed by atoms with Crippen LogP contribution in [0.3, 0.4) is 0 Å². The molecule has 0 saturated carbocycles. The minimum Gasteiger partial charge on any atom is -0.336 e. The fraction of sp³-hybridized carbons (Fsp3) is 0.412. The summed E-state index contributed by atoms with van der Waals surface area (Å²) in [5, 5.41) is 7.00. The first-order valence-corrected chi connectivity index (χ1v) is 8.23. The summed E-state index contributed by atoms with van der Waals surface area (Å²) in [5.41, 5.74) is 2.71. The number of anilines is 1. The Morgan fingerprint density at radius 3 is 3.12 bits per heavy atom. The molecule has 2 aliphatic heterocycles. The number of carbonyl (C=O) groups is 2. The Hall–Kier alpha value is -2.70. The van der Waals surface area contributed by atoms with Crippen molar-refractivity contribution < 1.29 is 9.59 Å². The van der Waals surface area contributed by atoms with E-state index in [-0.39, 0.29) is 24.2 Å². The standard InChI is InChI=1S/C17H19N5O2/c23-16-8-12(10-21(16)11-13-4-1-2-6-18-13)17(24)22-7-3-5-14-15(22)9-19-20-14/h1-2,4,6,9,12H,3,5,7-8,10-11H2,(H,19,20). The number of nitrogens with one attached hydrogen (secondary N) is 1. The molecule has 0 bridgehead atoms. The zero-order valence-corrected chi connectivity index (χ0v) is 13.3. The Bertz CT molecular complexity index is 757. The predicted molar refractivity (Wildman–Crippen MR) is 87.0 cm³/mol. The second-order valence-corrected chi connectivity index (χ2v) is 6.32. The van der Waals surface area contributed by atoms with Crippen LogP contribution in [0.4, 0.5) is 5.69 Å². The van der Waals surface area contributed by atoms with Gasteiger partial charge >= 0.3 is 0 Å². The van der Waals surface area contributed by atoms with E-state index >= 15 is 0 Å². The van der Waals surface area contributed by atoms with Crippen LogP contribution in [0.25, 0.3) is 0 Å². The lowest BCUT2D eigenvalue weighted by Crippen LogP contribution is -2.40. The molecule has 7 nitrogen and oxygen atoms in total.